The second-order valence-corrected chi connectivity index (χ2v) is 7.93. The lowest BCUT2D eigenvalue weighted by Crippen LogP contribution is -2.44. The zero-order valence-corrected chi connectivity index (χ0v) is 18.5. The summed E-state index contributed by atoms with van der Waals surface area (Å²) >= 11 is 0. The molecule has 1 aromatic carbocycles. The third kappa shape index (κ3) is 3.73. The van der Waals surface area contributed by atoms with Crippen LogP contribution in [-0.4, -0.2) is 72.5 Å². The molecular formula is C24H26N6O2. The number of methoxy groups -OCH3 is 2. The van der Waals surface area contributed by atoms with Crippen LogP contribution < -0.4 is 14.4 Å². The number of aromatic nitrogens is 4. The van der Waals surface area contributed by atoms with E-state index in [-0.39, 0.29) is 0 Å². The first kappa shape index (κ1) is 20.3. The number of hydrogen-bond acceptors (Lipinski definition) is 7. The van der Waals surface area contributed by atoms with Gasteiger partial charge < -0.3 is 19.3 Å². The van der Waals surface area contributed by atoms with Crippen molar-refractivity contribution in [3.05, 3.63) is 48.7 Å². The second kappa shape index (κ2) is 8.47. The Balaban J connectivity index is 1.41. The van der Waals surface area contributed by atoms with Crippen molar-refractivity contribution >= 4 is 16.9 Å². The van der Waals surface area contributed by atoms with Crippen LogP contribution in [0.5, 0.6) is 11.5 Å². The number of aromatic amines is 1. The van der Waals surface area contributed by atoms with Crippen LogP contribution >= 0.6 is 0 Å². The van der Waals surface area contributed by atoms with Crippen LogP contribution in [0.25, 0.3) is 33.5 Å². The summed E-state index contributed by atoms with van der Waals surface area (Å²) in [6.07, 6.45) is 1.89. The number of anilines is 1. The molecule has 5 rings (SSSR count). The van der Waals surface area contributed by atoms with Gasteiger partial charge in [-0.25, -0.2) is 9.97 Å². The normalized spacial score (nSPS) is 14.7. The minimum Gasteiger partial charge on any atom is -0.493 e. The summed E-state index contributed by atoms with van der Waals surface area (Å²) in [5.74, 6) is 2.37. The maximum absolute atomic E-state index is 5.43. The molecule has 0 aliphatic carbocycles. The summed E-state index contributed by atoms with van der Waals surface area (Å²) in [4.78, 5) is 14.1. The van der Waals surface area contributed by atoms with Crippen LogP contribution in [0.4, 0.5) is 5.82 Å². The first-order chi connectivity index (χ1) is 15.7. The van der Waals surface area contributed by atoms with Crippen molar-refractivity contribution < 1.29 is 9.47 Å². The summed E-state index contributed by atoms with van der Waals surface area (Å²) in [6, 6.07) is 14.0. The van der Waals surface area contributed by atoms with Gasteiger partial charge in [-0.05, 0) is 49.5 Å². The van der Waals surface area contributed by atoms with Crippen LogP contribution in [0.1, 0.15) is 0 Å². The molecule has 0 saturated carbocycles. The summed E-state index contributed by atoms with van der Waals surface area (Å²) in [6.45, 7) is 4.12. The third-order valence-electron chi connectivity index (χ3n) is 5.96. The molecule has 3 aromatic heterocycles. The standard InChI is InChI=1S/C24H26N6O2/c1-29-10-12-30(13-11-29)22-9-5-17(15-25-22)19-7-6-18-23(27-28-24(18)26-19)16-4-8-20(31-2)21(14-16)32-3/h4-9,14-15H,10-13H2,1-3H3,(H,26,27,28). The first-order valence-corrected chi connectivity index (χ1v) is 10.6. The highest BCUT2D eigenvalue weighted by Gasteiger charge is 2.16. The highest BCUT2D eigenvalue weighted by atomic mass is 16.5. The highest BCUT2D eigenvalue weighted by Crippen LogP contribution is 2.34. The molecule has 1 N–H and O–H groups in total. The largest absolute Gasteiger partial charge is 0.493 e. The zero-order chi connectivity index (χ0) is 22.1. The molecule has 1 aliphatic rings. The molecule has 0 amide bonds. The Kier molecular flexibility index (Phi) is 5.36. The predicted molar refractivity (Wildman–Crippen MR) is 125 cm³/mol. The summed E-state index contributed by atoms with van der Waals surface area (Å²) in [7, 11) is 5.41. The van der Waals surface area contributed by atoms with Gasteiger partial charge in [0.2, 0.25) is 0 Å². The molecule has 8 nitrogen and oxygen atoms in total. The number of rotatable bonds is 5. The van der Waals surface area contributed by atoms with Gasteiger partial charge >= 0.3 is 0 Å². The lowest BCUT2D eigenvalue weighted by Gasteiger charge is -2.33. The number of piperazine rings is 1. The summed E-state index contributed by atoms with van der Waals surface area (Å²) in [5.41, 5.74) is 4.33. The van der Waals surface area contributed by atoms with E-state index in [9.17, 15) is 0 Å². The van der Waals surface area contributed by atoms with Crippen molar-refractivity contribution in [1.29, 1.82) is 0 Å². The molecule has 4 aromatic rings. The van der Waals surface area contributed by atoms with Gasteiger partial charge in [0.15, 0.2) is 17.1 Å². The Morgan fingerprint density at radius 2 is 1.66 bits per heavy atom. The Morgan fingerprint density at radius 1 is 0.875 bits per heavy atom. The monoisotopic (exact) mass is 430 g/mol. The van der Waals surface area contributed by atoms with Gasteiger partial charge in [-0.3, -0.25) is 5.10 Å². The number of pyridine rings is 2. The first-order valence-electron chi connectivity index (χ1n) is 10.6. The van der Waals surface area contributed by atoms with Gasteiger partial charge in [-0.2, -0.15) is 5.10 Å². The van der Waals surface area contributed by atoms with Crippen LogP contribution in [0.15, 0.2) is 48.7 Å². The molecule has 0 radical (unpaired) electrons. The Bertz CT molecular complexity index is 1230. The van der Waals surface area contributed by atoms with E-state index in [4.69, 9.17) is 14.5 Å². The quantitative estimate of drug-likeness (QED) is 0.519. The van der Waals surface area contributed by atoms with Crippen molar-refractivity contribution in [2.24, 2.45) is 0 Å². The molecule has 164 valence electrons. The molecular weight excluding hydrogens is 404 g/mol. The fraction of sp³-hybridized carbons (Fsp3) is 0.292. The van der Waals surface area contributed by atoms with Gasteiger partial charge in [-0.15, -0.1) is 0 Å². The number of hydrogen-bond donors (Lipinski definition) is 1. The van der Waals surface area contributed by atoms with Gasteiger partial charge in [0, 0.05) is 48.9 Å². The molecule has 0 spiro atoms. The zero-order valence-electron chi connectivity index (χ0n) is 18.5. The SMILES string of the molecule is COc1ccc(-c2[nH]nc3nc(-c4ccc(N5CCN(C)CC5)nc4)ccc23)cc1OC. The minimum absolute atomic E-state index is 0.662. The topological polar surface area (TPSA) is 79.4 Å². The number of nitrogens with one attached hydrogen (secondary N) is 1. The number of fused-ring (bicyclic) bond motifs is 1. The van der Waals surface area contributed by atoms with Crippen LogP contribution in [-0.2, 0) is 0 Å². The van der Waals surface area contributed by atoms with Gasteiger partial charge in [0.05, 0.1) is 25.6 Å². The number of nitrogens with zero attached hydrogens (tertiary/aromatic N) is 5. The fourth-order valence-electron chi connectivity index (χ4n) is 4.03. The lowest BCUT2D eigenvalue weighted by molar-refractivity contribution is 0.312. The van der Waals surface area contributed by atoms with E-state index >= 15 is 0 Å². The van der Waals surface area contributed by atoms with Crippen LogP contribution in [0, 0.1) is 0 Å². The van der Waals surface area contributed by atoms with Gasteiger partial charge in [-0.1, -0.05) is 0 Å². The average molecular weight is 431 g/mol. The van der Waals surface area contributed by atoms with Crippen molar-refractivity contribution in [2.45, 2.75) is 0 Å². The van der Waals surface area contributed by atoms with Gasteiger partial charge in [0.1, 0.15) is 5.82 Å². The molecule has 1 aliphatic heterocycles. The summed E-state index contributed by atoms with van der Waals surface area (Å²) in [5, 5.41) is 8.50. The van der Waals surface area contributed by atoms with E-state index in [1.165, 1.54) is 0 Å². The van der Waals surface area contributed by atoms with E-state index < -0.39 is 0 Å². The van der Waals surface area contributed by atoms with E-state index in [2.05, 4.69) is 44.2 Å². The molecule has 8 heteroatoms. The molecule has 0 unspecified atom stereocenters. The smallest absolute Gasteiger partial charge is 0.182 e. The third-order valence-corrected chi connectivity index (χ3v) is 5.96. The van der Waals surface area contributed by atoms with Crippen molar-refractivity contribution in [1.82, 2.24) is 25.1 Å². The predicted octanol–water partition coefficient (Wildman–Crippen LogP) is 3.46. The average Bonchev–Trinajstić information content (AvgIpc) is 3.27. The highest BCUT2D eigenvalue weighted by molar-refractivity contribution is 5.92. The number of ether oxygens (including phenoxy) is 2. The summed E-state index contributed by atoms with van der Waals surface area (Å²) < 4.78 is 10.8. The fourth-order valence-corrected chi connectivity index (χ4v) is 4.03. The van der Waals surface area contributed by atoms with Crippen molar-refractivity contribution in [3.63, 3.8) is 0 Å². The molecule has 32 heavy (non-hydrogen) atoms. The Morgan fingerprint density at radius 3 is 2.38 bits per heavy atom. The molecule has 1 saturated heterocycles. The van der Waals surface area contributed by atoms with Crippen molar-refractivity contribution in [3.8, 4) is 34.0 Å². The van der Waals surface area contributed by atoms with Crippen molar-refractivity contribution in [2.75, 3.05) is 52.3 Å². The maximum atomic E-state index is 5.43. The second-order valence-electron chi connectivity index (χ2n) is 7.93. The van der Waals surface area contributed by atoms with E-state index in [0.29, 0.717) is 17.1 Å². The van der Waals surface area contributed by atoms with Crippen LogP contribution in [0.2, 0.25) is 0 Å². The number of likely N-dealkylation sites (N-methyl/N-ethyl adjacent to an activating group) is 1. The van der Waals surface area contributed by atoms with E-state index in [1.54, 1.807) is 14.2 Å². The Hall–Kier alpha value is -3.65. The molecule has 0 bridgehead atoms. The van der Waals surface area contributed by atoms with Crippen LogP contribution in [0.3, 0.4) is 0 Å². The van der Waals surface area contributed by atoms with E-state index in [0.717, 1.165) is 59.9 Å². The number of benzene rings is 1. The maximum Gasteiger partial charge on any atom is 0.182 e. The molecule has 4 heterocycles. The molecule has 1 fully saturated rings. The number of H-pyrrole nitrogens is 1. The minimum atomic E-state index is 0.662. The molecule has 0 atom stereocenters. The van der Waals surface area contributed by atoms with Gasteiger partial charge in [0.25, 0.3) is 0 Å². The van der Waals surface area contributed by atoms with E-state index in [1.807, 2.05) is 36.5 Å². The lowest BCUT2D eigenvalue weighted by atomic mass is 10.1. The Labute approximate surface area is 186 Å².